The molecule has 7 nitrogen and oxygen atoms in total. The summed E-state index contributed by atoms with van der Waals surface area (Å²) in [5.74, 6) is 0.670. The minimum Gasteiger partial charge on any atom is -0.497 e. The maximum atomic E-state index is 13.6. The van der Waals surface area contributed by atoms with E-state index >= 15 is 0 Å². The summed E-state index contributed by atoms with van der Waals surface area (Å²) in [5, 5.41) is 0.557. The van der Waals surface area contributed by atoms with E-state index in [1.165, 1.54) is 28.6 Å². The van der Waals surface area contributed by atoms with Crippen LogP contribution in [-0.2, 0) is 33.1 Å². The molecule has 0 bridgehead atoms. The van der Waals surface area contributed by atoms with Crippen LogP contribution in [-0.4, -0.2) is 34.3 Å². The Morgan fingerprint density at radius 3 is 1.80 bits per heavy atom. The van der Waals surface area contributed by atoms with Gasteiger partial charge in [0.25, 0.3) is 0 Å². The third-order valence-electron chi connectivity index (χ3n) is 5.53. The number of nitrogens with one attached hydrogen (secondary N) is 1. The second kappa shape index (κ2) is 11.5. The molecule has 0 radical (unpaired) electrons. The minimum atomic E-state index is -3.96. The highest BCUT2D eigenvalue weighted by Gasteiger charge is 2.26. The van der Waals surface area contributed by atoms with E-state index in [1.54, 1.807) is 62.6 Å². The van der Waals surface area contributed by atoms with Crippen molar-refractivity contribution in [2.45, 2.75) is 49.2 Å². The zero-order valence-electron chi connectivity index (χ0n) is 19.8. The van der Waals surface area contributed by atoms with E-state index in [1.807, 2.05) is 6.92 Å². The van der Waals surface area contributed by atoms with E-state index in [-0.39, 0.29) is 28.9 Å². The number of halogens is 1. The molecule has 0 spiro atoms. The summed E-state index contributed by atoms with van der Waals surface area (Å²) in [6.45, 7) is 3.87. The lowest BCUT2D eigenvalue weighted by Crippen LogP contribution is -2.32. The topological polar surface area (TPSA) is 92.8 Å². The Balaban J connectivity index is 1.93. The molecular weight excluding hydrogens is 508 g/mol. The van der Waals surface area contributed by atoms with Gasteiger partial charge in [-0.25, -0.2) is 21.6 Å². The molecule has 0 aromatic heterocycles. The van der Waals surface area contributed by atoms with Crippen molar-refractivity contribution in [2.24, 2.45) is 0 Å². The number of sulfonamides is 2. The molecule has 0 aliphatic rings. The first kappa shape index (κ1) is 27.2. The van der Waals surface area contributed by atoms with Crippen molar-refractivity contribution in [3.63, 3.8) is 0 Å². The number of methoxy groups -OCH3 is 1. The van der Waals surface area contributed by atoms with Gasteiger partial charge in [0.05, 0.1) is 16.9 Å². The molecule has 3 aromatic rings. The molecule has 0 saturated carbocycles. The quantitative estimate of drug-likeness (QED) is 0.379. The van der Waals surface area contributed by atoms with Crippen molar-refractivity contribution < 1.29 is 21.6 Å². The first-order valence-electron chi connectivity index (χ1n) is 11.0. The zero-order chi connectivity index (χ0) is 25.6. The first-order valence-corrected chi connectivity index (χ1v) is 14.3. The Morgan fingerprint density at radius 1 is 0.829 bits per heavy atom. The van der Waals surface area contributed by atoms with Crippen molar-refractivity contribution in [2.75, 3.05) is 7.11 Å². The summed E-state index contributed by atoms with van der Waals surface area (Å²) < 4.78 is 61.5. The first-order chi connectivity index (χ1) is 16.5. The summed E-state index contributed by atoms with van der Waals surface area (Å²) in [6, 6.07) is 19.1. The van der Waals surface area contributed by atoms with Crippen molar-refractivity contribution in [1.29, 1.82) is 0 Å². The second-order valence-corrected chi connectivity index (χ2v) is 12.2. The van der Waals surface area contributed by atoms with E-state index in [4.69, 9.17) is 16.3 Å². The molecule has 35 heavy (non-hydrogen) atoms. The maximum absolute atomic E-state index is 13.6. The Kier molecular flexibility index (Phi) is 8.95. The van der Waals surface area contributed by atoms with Crippen molar-refractivity contribution in [3.8, 4) is 5.75 Å². The highest BCUT2D eigenvalue weighted by molar-refractivity contribution is 7.89. The number of benzene rings is 3. The van der Waals surface area contributed by atoms with Crippen molar-refractivity contribution in [1.82, 2.24) is 9.03 Å². The lowest BCUT2D eigenvalue weighted by molar-refractivity contribution is 0.399. The molecule has 10 heteroatoms. The third-order valence-corrected chi connectivity index (χ3v) is 9.19. The van der Waals surface area contributed by atoms with Gasteiger partial charge in [0.2, 0.25) is 20.0 Å². The Labute approximate surface area is 212 Å². The molecule has 1 atom stereocenters. The van der Waals surface area contributed by atoms with Crippen LogP contribution in [0.25, 0.3) is 0 Å². The van der Waals surface area contributed by atoms with Gasteiger partial charge in [-0.05, 0) is 73.0 Å². The molecule has 0 amide bonds. The van der Waals surface area contributed by atoms with Gasteiger partial charge in [-0.2, -0.15) is 4.31 Å². The average Bonchev–Trinajstić information content (AvgIpc) is 2.85. The molecular formula is C25H29ClN2O5S2. The summed E-state index contributed by atoms with van der Waals surface area (Å²) >= 11 is 5.99. The summed E-state index contributed by atoms with van der Waals surface area (Å²) in [5.41, 5.74) is 1.55. The van der Waals surface area contributed by atoms with E-state index in [2.05, 4.69) is 4.72 Å². The standard InChI is InChI=1S/C25H29ClN2O5S2/c1-4-19(2)27-34(29,30)24-13-15-25(16-14-24)35(31,32)28(17-20-5-9-22(26)10-6-20)18-21-7-11-23(33-3)12-8-21/h5-16,19,27H,4,17-18H2,1-3H3/t19-/m1/s1. The van der Waals surface area contributed by atoms with Gasteiger partial charge in [0, 0.05) is 24.2 Å². The highest BCUT2D eigenvalue weighted by Crippen LogP contribution is 2.24. The van der Waals surface area contributed by atoms with E-state index in [9.17, 15) is 16.8 Å². The molecule has 0 fully saturated rings. The van der Waals surface area contributed by atoms with Crippen LogP contribution in [0.4, 0.5) is 0 Å². The summed E-state index contributed by atoms with van der Waals surface area (Å²) in [6.07, 6.45) is 0.636. The van der Waals surface area contributed by atoms with Crippen molar-refractivity contribution >= 4 is 31.6 Å². The van der Waals surface area contributed by atoms with Crippen LogP contribution in [0.15, 0.2) is 82.6 Å². The Hall–Kier alpha value is -2.43. The average molecular weight is 537 g/mol. The van der Waals surface area contributed by atoms with Crippen molar-refractivity contribution in [3.05, 3.63) is 88.9 Å². The Bertz CT molecular complexity index is 1330. The largest absolute Gasteiger partial charge is 0.497 e. The number of hydrogen-bond donors (Lipinski definition) is 1. The number of nitrogens with zero attached hydrogens (tertiary/aromatic N) is 1. The normalized spacial score (nSPS) is 13.1. The molecule has 0 aliphatic carbocycles. The smallest absolute Gasteiger partial charge is 0.243 e. The second-order valence-electron chi connectivity index (χ2n) is 8.15. The van der Waals surface area contributed by atoms with Gasteiger partial charge in [-0.15, -0.1) is 0 Å². The van der Waals surface area contributed by atoms with Gasteiger partial charge < -0.3 is 4.74 Å². The third kappa shape index (κ3) is 7.05. The van der Waals surface area contributed by atoms with E-state index < -0.39 is 20.0 Å². The fourth-order valence-corrected chi connectivity index (χ4v) is 6.18. The predicted octanol–water partition coefficient (Wildman–Crippen LogP) is 4.82. The molecule has 0 heterocycles. The lowest BCUT2D eigenvalue weighted by atomic mass is 10.2. The molecule has 3 aromatic carbocycles. The van der Waals surface area contributed by atoms with Crippen LogP contribution in [0, 0.1) is 0 Å². The summed E-state index contributed by atoms with van der Waals surface area (Å²) in [7, 11) is -6.14. The van der Waals surface area contributed by atoms with Gasteiger partial charge in [0.1, 0.15) is 5.75 Å². The van der Waals surface area contributed by atoms with Gasteiger partial charge in [-0.1, -0.05) is 42.8 Å². The van der Waals surface area contributed by atoms with Gasteiger partial charge in [0.15, 0.2) is 0 Å². The van der Waals surface area contributed by atoms with E-state index in [0.717, 1.165) is 11.1 Å². The fourth-order valence-electron chi connectivity index (χ4n) is 3.31. The van der Waals surface area contributed by atoms with Crippen LogP contribution in [0.3, 0.4) is 0 Å². The summed E-state index contributed by atoms with van der Waals surface area (Å²) in [4.78, 5) is 0.0126. The molecule has 0 aliphatic heterocycles. The van der Waals surface area contributed by atoms with Crippen LogP contribution < -0.4 is 9.46 Å². The minimum absolute atomic E-state index is 0.00228. The molecule has 3 rings (SSSR count). The Morgan fingerprint density at radius 2 is 1.31 bits per heavy atom. The maximum Gasteiger partial charge on any atom is 0.243 e. The van der Waals surface area contributed by atoms with Crippen LogP contribution in [0.2, 0.25) is 5.02 Å². The van der Waals surface area contributed by atoms with Crippen LogP contribution in [0.1, 0.15) is 31.4 Å². The van der Waals surface area contributed by atoms with Gasteiger partial charge in [-0.3, -0.25) is 0 Å². The van der Waals surface area contributed by atoms with Crippen LogP contribution >= 0.6 is 11.6 Å². The SMILES string of the molecule is CC[C@@H](C)NS(=O)(=O)c1ccc(S(=O)(=O)N(Cc2ccc(Cl)cc2)Cc2ccc(OC)cc2)cc1. The number of ether oxygens (including phenoxy) is 1. The molecule has 0 saturated heterocycles. The molecule has 188 valence electrons. The fraction of sp³-hybridized carbons (Fsp3) is 0.280. The molecule has 1 N–H and O–H groups in total. The zero-order valence-corrected chi connectivity index (χ0v) is 22.2. The monoisotopic (exact) mass is 536 g/mol. The van der Waals surface area contributed by atoms with Gasteiger partial charge >= 0.3 is 0 Å². The highest BCUT2D eigenvalue weighted by atomic mass is 35.5. The molecule has 0 unspecified atom stereocenters. The van der Waals surface area contributed by atoms with E-state index in [0.29, 0.717) is 17.2 Å². The number of rotatable bonds is 11. The predicted molar refractivity (Wildman–Crippen MR) is 137 cm³/mol. The lowest BCUT2D eigenvalue weighted by Gasteiger charge is -2.23. The number of hydrogen-bond acceptors (Lipinski definition) is 5. The van der Waals surface area contributed by atoms with Crippen LogP contribution in [0.5, 0.6) is 5.75 Å².